The Hall–Kier alpha value is -0.950. The van der Waals surface area contributed by atoms with Crippen LogP contribution >= 0.6 is 7.82 Å². The highest BCUT2D eigenvalue weighted by atomic mass is 31.2. The van der Waals surface area contributed by atoms with Gasteiger partial charge in [-0.1, -0.05) is 251 Å². The summed E-state index contributed by atoms with van der Waals surface area (Å²) in [6.07, 6.45) is 50.2. The maximum absolute atomic E-state index is 12.6. The van der Waals surface area contributed by atoms with E-state index in [0.29, 0.717) is 6.42 Å². The van der Waals surface area contributed by atoms with Gasteiger partial charge in [-0.3, -0.25) is 18.6 Å². The van der Waals surface area contributed by atoms with Crippen LogP contribution in [-0.4, -0.2) is 42.8 Å². The lowest BCUT2D eigenvalue weighted by Gasteiger charge is -2.19. The van der Waals surface area contributed by atoms with E-state index < -0.39 is 19.9 Å². The number of esters is 2. The predicted molar refractivity (Wildman–Crippen MR) is 249 cm³/mol. The highest BCUT2D eigenvalue weighted by molar-refractivity contribution is 7.47. The molecule has 0 rings (SSSR count). The quantitative estimate of drug-likeness (QED) is 0.0366. The summed E-state index contributed by atoms with van der Waals surface area (Å²) in [6.45, 7) is 5.56. The van der Waals surface area contributed by atoms with Crippen LogP contribution in [0.4, 0.5) is 0 Å². The molecular formula is C50H99O8P. The number of ether oxygens (including phenoxy) is 2. The van der Waals surface area contributed by atoms with Crippen molar-refractivity contribution < 1.29 is 37.6 Å². The van der Waals surface area contributed by atoms with Gasteiger partial charge in [0, 0.05) is 12.8 Å². The molecule has 0 amide bonds. The molecular weight excluding hydrogens is 760 g/mol. The molecule has 2 unspecified atom stereocenters. The van der Waals surface area contributed by atoms with Gasteiger partial charge in [0.1, 0.15) is 6.61 Å². The molecule has 0 spiro atoms. The van der Waals surface area contributed by atoms with E-state index in [2.05, 4.69) is 13.8 Å². The molecule has 59 heavy (non-hydrogen) atoms. The van der Waals surface area contributed by atoms with Gasteiger partial charge in [0.25, 0.3) is 0 Å². The van der Waals surface area contributed by atoms with Crippen molar-refractivity contribution in [1.82, 2.24) is 0 Å². The molecule has 0 aromatic rings. The Morgan fingerprint density at radius 1 is 0.390 bits per heavy atom. The third-order valence-corrected chi connectivity index (χ3v) is 12.7. The predicted octanol–water partition coefficient (Wildman–Crippen LogP) is 16.6. The molecule has 1 N–H and O–H groups in total. The zero-order valence-corrected chi connectivity index (χ0v) is 40.3. The highest BCUT2D eigenvalue weighted by Gasteiger charge is 2.25. The van der Waals surface area contributed by atoms with Crippen LogP contribution in [0.15, 0.2) is 0 Å². The maximum atomic E-state index is 12.6. The number of unbranched alkanes of at least 4 members (excludes halogenated alkanes) is 37. The van der Waals surface area contributed by atoms with Crippen molar-refractivity contribution in [2.24, 2.45) is 0 Å². The van der Waals surface area contributed by atoms with Crippen LogP contribution in [0.25, 0.3) is 0 Å². The molecule has 0 aromatic heterocycles. The molecule has 0 bridgehead atoms. The molecule has 0 aliphatic rings. The molecule has 2 atom stereocenters. The summed E-state index contributed by atoms with van der Waals surface area (Å²) in [4.78, 5) is 34.9. The average molecular weight is 859 g/mol. The average Bonchev–Trinajstić information content (AvgIpc) is 3.22. The van der Waals surface area contributed by atoms with Crippen LogP contribution in [0.3, 0.4) is 0 Å². The molecule has 0 aromatic carbocycles. The summed E-state index contributed by atoms with van der Waals surface area (Å²) in [5.74, 6) is -0.774. The molecule has 0 fully saturated rings. The Balaban J connectivity index is 3.91. The summed E-state index contributed by atoms with van der Waals surface area (Å²) >= 11 is 0. The fourth-order valence-electron chi connectivity index (χ4n) is 7.87. The van der Waals surface area contributed by atoms with Gasteiger partial charge in [-0.2, -0.15) is 0 Å². The van der Waals surface area contributed by atoms with Crippen molar-refractivity contribution >= 4 is 19.8 Å². The minimum absolute atomic E-state index is 0.00605. The summed E-state index contributed by atoms with van der Waals surface area (Å²) in [6, 6.07) is 0. The monoisotopic (exact) mass is 859 g/mol. The lowest BCUT2D eigenvalue weighted by atomic mass is 10.0. The molecule has 0 radical (unpaired) electrons. The number of rotatable bonds is 49. The zero-order chi connectivity index (χ0) is 43.2. The minimum atomic E-state index is -4.28. The van der Waals surface area contributed by atoms with E-state index in [4.69, 9.17) is 18.5 Å². The van der Waals surface area contributed by atoms with Crippen molar-refractivity contribution in [3.63, 3.8) is 0 Å². The second-order valence-electron chi connectivity index (χ2n) is 17.6. The Morgan fingerprint density at radius 3 is 0.949 bits per heavy atom. The van der Waals surface area contributed by atoms with Gasteiger partial charge in [0.15, 0.2) is 6.10 Å². The van der Waals surface area contributed by atoms with E-state index >= 15 is 0 Å². The second-order valence-corrected chi connectivity index (χ2v) is 19.0. The number of hydrogen-bond donors (Lipinski definition) is 1. The summed E-state index contributed by atoms with van der Waals surface area (Å²) in [5.41, 5.74) is 0. The fourth-order valence-corrected chi connectivity index (χ4v) is 8.62. The van der Waals surface area contributed by atoms with E-state index in [-0.39, 0.29) is 32.2 Å². The van der Waals surface area contributed by atoms with Crippen LogP contribution < -0.4 is 0 Å². The Bertz CT molecular complexity index is 931. The number of hydrogen-bond acceptors (Lipinski definition) is 7. The maximum Gasteiger partial charge on any atom is 0.472 e. The number of carbonyl (C=O) groups excluding carboxylic acids is 2. The van der Waals surface area contributed by atoms with Crippen molar-refractivity contribution in [1.29, 1.82) is 0 Å². The van der Waals surface area contributed by atoms with Crippen LogP contribution in [0.2, 0.25) is 0 Å². The van der Waals surface area contributed by atoms with Crippen LogP contribution in [0.1, 0.15) is 284 Å². The molecule has 8 nitrogen and oxygen atoms in total. The molecule has 9 heteroatoms. The van der Waals surface area contributed by atoms with E-state index in [1.165, 1.54) is 212 Å². The van der Waals surface area contributed by atoms with Crippen LogP contribution in [0, 0.1) is 0 Å². The van der Waals surface area contributed by atoms with Crippen molar-refractivity contribution in [3.8, 4) is 0 Å². The first-order valence-electron chi connectivity index (χ1n) is 25.8. The summed E-state index contributed by atoms with van der Waals surface area (Å²) < 4.78 is 32.8. The number of carbonyl (C=O) groups is 2. The molecule has 352 valence electrons. The molecule has 0 aliphatic heterocycles. The van der Waals surface area contributed by atoms with Gasteiger partial charge in [0.05, 0.1) is 13.2 Å². The van der Waals surface area contributed by atoms with Crippen molar-refractivity contribution in [2.75, 3.05) is 19.8 Å². The number of phosphoric ester groups is 1. The standard InChI is InChI=1S/C50H99O8P/c1-4-7-9-11-13-15-17-19-21-23-25-26-27-29-31-33-35-37-39-41-43-45-50(52)58-48(47-57-59(53,54)56-6-3)46-55-49(51)44-42-40-38-36-34-32-30-28-24-22-20-18-16-14-12-10-8-5-2/h48H,4-47H2,1-3H3,(H,53,54). The van der Waals surface area contributed by atoms with Crippen LogP contribution in [0.5, 0.6) is 0 Å². The highest BCUT2D eigenvalue weighted by Crippen LogP contribution is 2.43. The fraction of sp³-hybridized carbons (Fsp3) is 0.960. The van der Waals surface area contributed by atoms with E-state index in [9.17, 15) is 19.0 Å². The Kier molecular flexibility index (Phi) is 45.8. The third kappa shape index (κ3) is 46.4. The summed E-state index contributed by atoms with van der Waals surface area (Å²) in [5, 5.41) is 0. The first kappa shape index (κ1) is 58.0. The van der Waals surface area contributed by atoms with Crippen LogP contribution in [-0.2, 0) is 32.7 Å². The van der Waals surface area contributed by atoms with E-state index in [1.807, 2.05) is 0 Å². The Labute approximate surface area is 366 Å². The largest absolute Gasteiger partial charge is 0.472 e. The van der Waals surface area contributed by atoms with Gasteiger partial charge < -0.3 is 14.4 Å². The Morgan fingerprint density at radius 2 is 0.661 bits per heavy atom. The van der Waals surface area contributed by atoms with Gasteiger partial charge in [-0.15, -0.1) is 0 Å². The van der Waals surface area contributed by atoms with Crippen molar-refractivity contribution in [2.45, 2.75) is 290 Å². The first-order chi connectivity index (χ1) is 28.8. The smallest absolute Gasteiger partial charge is 0.462 e. The van der Waals surface area contributed by atoms with E-state index in [1.54, 1.807) is 6.92 Å². The lowest BCUT2D eigenvalue weighted by molar-refractivity contribution is -0.161. The number of phosphoric acid groups is 1. The SMILES string of the molecule is CCCCCCCCCCCCCCCCCCCCCCCC(=O)OC(COC(=O)CCCCCCCCCCCCCCCCCCCC)COP(=O)(O)OCC. The zero-order valence-electron chi connectivity index (χ0n) is 39.4. The lowest BCUT2D eigenvalue weighted by Crippen LogP contribution is -2.29. The van der Waals surface area contributed by atoms with Gasteiger partial charge in [-0.05, 0) is 19.8 Å². The topological polar surface area (TPSA) is 108 Å². The second kappa shape index (κ2) is 46.6. The molecule has 0 saturated carbocycles. The normalized spacial score (nSPS) is 13.1. The molecule has 0 saturated heterocycles. The molecule has 0 aliphatic carbocycles. The van der Waals surface area contributed by atoms with Gasteiger partial charge >= 0.3 is 19.8 Å². The molecule has 0 heterocycles. The summed E-state index contributed by atoms with van der Waals surface area (Å²) in [7, 11) is -4.28. The first-order valence-corrected chi connectivity index (χ1v) is 27.3. The third-order valence-electron chi connectivity index (χ3n) is 11.7. The van der Waals surface area contributed by atoms with Gasteiger partial charge in [-0.25, -0.2) is 4.57 Å². The van der Waals surface area contributed by atoms with Crippen molar-refractivity contribution in [3.05, 3.63) is 0 Å². The van der Waals surface area contributed by atoms with E-state index in [0.717, 1.165) is 38.5 Å². The minimum Gasteiger partial charge on any atom is -0.462 e. The van der Waals surface area contributed by atoms with Gasteiger partial charge in [0.2, 0.25) is 0 Å².